The maximum Gasteiger partial charge on any atom is 0.0386 e. The molecule has 0 bridgehead atoms. The Balaban J connectivity index is 2.82. The monoisotopic (exact) mass is 337 g/mol. The van der Waals surface area contributed by atoms with Crippen LogP contribution in [0.1, 0.15) is 64.0 Å². The maximum atomic E-state index is 6.57. The molecule has 1 rings (SSSR count). The number of hydrogen-bond donors (Lipinski definition) is 1. The molecule has 2 heteroatoms. The average Bonchev–Trinajstić information content (AvgIpc) is 2.48. The molecule has 2 atom stereocenters. The fourth-order valence-electron chi connectivity index (χ4n) is 2.81. The lowest BCUT2D eigenvalue weighted by atomic mass is 9.72. The second-order valence-corrected chi connectivity index (χ2v) is 6.55. The van der Waals surface area contributed by atoms with E-state index in [1.165, 1.54) is 31.2 Å². The maximum absolute atomic E-state index is 6.57. The summed E-state index contributed by atoms with van der Waals surface area (Å²) in [6.45, 7) is 8.54. The first-order valence-electron chi connectivity index (χ1n) is 7.74. The molecule has 0 radical (unpaired) electrons. The van der Waals surface area contributed by atoms with Crippen molar-refractivity contribution in [1.29, 1.82) is 0 Å². The van der Waals surface area contributed by atoms with Crippen LogP contribution in [0.4, 0.5) is 0 Å². The molecule has 0 aliphatic carbocycles. The van der Waals surface area contributed by atoms with Crippen molar-refractivity contribution in [1.82, 2.24) is 0 Å². The molecule has 1 aromatic rings. The van der Waals surface area contributed by atoms with Crippen molar-refractivity contribution in [3.63, 3.8) is 0 Å². The lowest BCUT2D eigenvalue weighted by Gasteiger charge is -2.36. The highest BCUT2D eigenvalue weighted by Crippen LogP contribution is 2.41. The van der Waals surface area contributed by atoms with E-state index in [1.54, 1.807) is 0 Å². The molecule has 2 N–H and O–H groups in total. The predicted molar refractivity (Wildman–Crippen MR) is 92.8 cm³/mol. The van der Waals surface area contributed by atoms with Gasteiger partial charge in [-0.2, -0.15) is 0 Å². The third-order valence-corrected chi connectivity index (χ3v) is 4.94. The minimum atomic E-state index is 0.0154. The first-order valence-corrected chi connectivity index (χ1v) is 8.53. The Kier molecular flexibility index (Phi) is 7.53. The van der Waals surface area contributed by atoms with E-state index in [4.69, 9.17) is 5.73 Å². The molecule has 0 aliphatic heterocycles. The van der Waals surface area contributed by atoms with E-state index < -0.39 is 0 Å². The molecule has 0 saturated heterocycles. The van der Waals surface area contributed by atoms with Gasteiger partial charge in [0.05, 0.1) is 0 Å². The van der Waals surface area contributed by atoms with Crippen LogP contribution < -0.4 is 5.73 Å². The standard InChI is InChI=1S/C18H28BrN/c1-4-7-8-9-14-18(5-2,6-3)17(20)15-10-12-16(19)13-11-15/h5,10-13,17H,2,4,6-9,14,20H2,1,3H3/t17-,18-/m0/s1. The van der Waals surface area contributed by atoms with Crippen LogP contribution in [0.5, 0.6) is 0 Å². The summed E-state index contributed by atoms with van der Waals surface area (Å²) in [5.74, 6) is 0. The SMILES string of the molecule is C=C[C@](CC)(CCCCCC)[C@@H](N)c1ccc(Br)cc1. The molecule has 0 unspecified atom stereocenters. The normalized spacial score (nSPS) is 15.6. The number of nitrogens with two attached hydrogens (primary N) is 1. The molecular formula is C18H28BrN. The van der Waals surface area contributed by atoms with Gasteiger partial charge in [-0.25, -0.2) is 0 Å². The minimum absolute atomic E-state index is 0.0154. The quantitative estimate of drug-likeness (QED) is 0.433. The largest absolute Gasteiger partial charge is 0.323 e. The van der Waals surface area contributed by atoms with Crippen molar-refractivity contribution in [2.75, 3.05) is 0 Å². The van der Waals surface area contributed by atoms with Gasteiger partial charge in [-0.3, -0.25) is 0 Å². The number of rotatable bonds is 9. The van der Waals surface area contributed by atoms with Crippen molar-refractivity contribution in [2.45, 2.75) is 58.4 Å². The van der Waals surface area contributed by atoms with Crippen LogP contribution in [0.15, 0.2) is 41.4 Å². The first-order chi connectivity index (χ1) is 9.59. The summed E-state index contributed by atoms with van der Waals surface area (Å²) in [4.78, 5) is 0. The van der Waals surface area contributed by atoms with E-state index in [9.17, 15) is 0 Å². The third-order valence-electron chi connectivity index (χ3n) is 4.41. The molecule has 0 saturated carbocycles. The highest BCUT2D eigenvalue weighted by atomic mass is 79.9. The molecule has 1 aromatic carbocycles. The molecule has 0 fully saturated rings. The Hall–Kier alpha value is -0.600. The van der Waals surface area contributed by atoms with Crippen molar-refractivity contribution in [3.8, 4) is 0 Å². The summed E-state index contributed by atoms with van der Waals surface area (Å²) >= 11 is 3.48. The lowest BCUT2D eigenvalue weighted by Crippen LogP contribution is -2.32. The van der Waals surface area contributed by atoms with Gasteiger partial charge in [-0.05, 0) is 30.5 Å². The van der Waals surface area contributed by atoms with Gasteiger partial charge >= 0.3 is 0 Å². The van der Waals surface area contributed by atoms with Crippen LogP contribution in [0.25, 0.3) is 0 Å². The van der Waals surface area contributed by atoms with Crippen LogP contribution >= 0.6 is 15.9 Å². The van der Waals surface area contributed by atoms with Crippen LogP contribution in [-0.4, -0.2) is 0 Å². The highest BCUT2D eigenvalue weighted by Gasteiger charge is 2.32. The molecule has 0 amide bonds. The zero-order valence-corrected chi connectivity index (χ0v) is 14.5. The van der Waals surface area contributed by atoms with Gasteiger partial charge in [0.2, 0.25) is 0 Å². The topological polar surface area (TPSA) is 26.0 Å². The first kappa shape index (κ1) is 17.5. The summed E-state index contributed by atoms with van der Waals surface area (Å²) in [6, 6.07) is 8.40. The molecule has 0 aliphatic rings. The summed E-state index contributed by atoms with van der Waals surface area (Å²) < 4.78 is 1.09. The highest BCUT2D eigenvalue weighted by molar-refractivity contribution is 9.10. The van der Waals surface area contributed by atoms with Gasteiger partial charge in [0.15, 0.2) is 0 Å². The number of halogens is 1. The fraction of sp³-hybridized carbons (Fsp3) is 0.556. The summed E-state index contributed by atoms with van der Waals surface area (Å²) in [6.07, 6.45) is 9.36. The van der Waals surface area contributed by atoms with Crippen LogP contribution in [-0.2, 0) is 0 Å². The van der Waals surface area contributed by atoms with Gasteiger partial charge in [0.1, 0.15) is 0 Å². The zero-order chi connectivity index (χ0) is 15.0. The molecule has 20 heavy (non-hydrogen) atoms. The van der Waals surface area contributed by atoms with Gasteiger partial charge in [-0.1, -0.05) is 73.7 Å². The molecule has 1 nitrogen and oxygen atoms in total. The average molecular weight is 338 g/mol. The lowest BCUT2D eigenvalue weighted by molar-refractivity contribution is 0.260. The van der Waals surface area contributed by atoms with Gasteiger partial charge < -0.3 is 5.73 Å². The van der Waals surface area contributed by atoms with Crippen LogP contribution in [0.2, 0.25) is 0 Å². The van der Waals surface area contributed by atoms with Crippen LogP contribution in [0, 0.1) is 5.41 Å². The summed E-state index contributed by atoms with van der Waals surface area (Å²) in [5.41, 5.74) is 7.79. The second-order valence-electron chi connectivity index (χ2n) is 5.63. The van der Waals surface area contributed by atoms with Crippen LogP contribution in [0.3, 0.4) is 0 Å². The van der Waals surface area contributed by atoms with Crippen molar-refractivity contribution >= 4 is 15.9 Å². The Morgan fingerprint density at radius 1 is 1.20 bits per heavy atom. The third kappa shape index (κ3) is 4.46. The van der Waals surface area contributed by atoms with E-state index in [-0.39, 0.29) is 11.5 Å². The van der Waals surface area contributed by atoms with Crippen molar-refractivity contribution in [2.24, 2.45) is 11.1 Å². The van der Waals surface area contributed by atoms with Crippen molar-refractivity contribution < 1.29 is 0 Å². The Labute approximate surface area is 132 Å². The molecule has 0 aromatic heterocycles. The Bertz CT molecular complexity index is 398. The van der Waals surface area contributed by atoms with E-state index in [0.29, 0.717) is 0 Å². The second kappa shape index (κ2) is 8.63. The Morgan fingerprint density at radius 3 is 2.35 bits per heavy atom. The van der Waals surface area contributed by atoms with Crippen molar-refractivity contribution in [3.05, 3.63) is 47.0 Å². The molecule has 0 spiro atoms. The summed E-state index contributed by atoms with van der Waals surface area (Å²) in [7, 11) is 0. The molecule has 112 valence electrons. The van der Waals surface area contributed by atoms with E-state index >= 15 is 0 Å². The van der Waals surface area contributed by atoms with Gasteiger partial charge in [-0.15, -0.1) is 6.58 Å². The van der Waals surface area contributed by atoms with E-state index in [0.717, 1.165) is 17.3 Å². The summed E-state index contributed by atoms with van der Waals surface area (Å²) in [5, 5.41) is 0. The molecular weight excluding hydrogens is 310 g/mol. The number of benzene rings is 1. The van der Waals surface area contributed by atoms with E-state index in [1.807, 2.05) is 0 Å². The Morgan fingerprint density at radius 2 is 1.85 bits per heavy atom. The minimum Gasteiger partial charge on any atom is -0.323 e. The van der Waals surface area contributed by atoms with Gasteiger partial charge in [0.25, 0.3) is 0 Å². The smallest absolute Gasteiger partial charge is 0.0386 e. The zero-order valence-electron chi connectivity index (χ0n) is 12.9. The predicted octanol–water partition coefficient (Wildman–Crippen LogP) is 6.00. The fourth-order valence-corrected chi connectivity index (χ4v) is 3.07. The molecule has 0 heterocycles. The number of unbranched alkanes of at least 4 members (excludes halogenated alkanes) is 3. The number of hydrogen-bond acceptors (Lipinski definition) is 1. The van der Waals surface area contributed by atoms with Gasteiger partial charge in [0, 0.05) is 15.9 Å². The van der Waals surface area contributed by atoms with E-state index in [2.05, 4.69) is 66.7 Å².